The number of halogens is 1. The van der Waals surface area contributed by atoms with Gasteiger partial charge < -0.3 is 10.2 Å². The molecule has 3 rings (SSSR count). The zero-order chi connectivity index (χ0) is 14.7. The van der Waals surface area contributed by atoms with Gasteiger partial charge in [-0.3, -0.25) is 4.79 Å². The fourth-order valence-electron chi connectivity index (χ4n) is 4.01. The number of rotatable bonds is 4. The molecule has 4 heteroatoms. The van der Waals surface area contributed by atoms with Crippen LogP contribution in [0, 0.1) is 0 Å². The number of nitrogens with one attached hydrogen (secondary N) is 1. The molecule has 1 aliphatic carbocycles. The number of carbonyl (C=O) groups excluding carboxylic acids is 1. The van der Waals surface area contributed by atoms with Gasteiger partial charge in [0.2, 0.25) is 5.91 Å². The van der Waals surface area contributed by atoms with Gasteiger partial charge in [-0.1, -0.05) is 24.3 Å². The molecule has 1 amide bonds. The molecule has 1 aromatic carbocycles. The molecule has 2 atom stereocenters. The van der Waals surface area contributed by atoms with E-state index >= 15 is 0 Å². The highest BCUT2D eigenvalue weighted by Gasteiger charge is 2.30. The predicted molar refractivity (Wildman–Crippen MR) is 92.6 cm³/mol. The van der Waals surface area contributed by atoms with Crippen LogP contribution < -0.4 is 5.32 Å². The maximum absolute atomic E-state index is 12.7. The van der Waals surface area contributed by atoms with E-state index in [0.29, 0.717) is 24.3 Å². The zero-order valence-corrected chi connectivity index (χ0v) is 14.2. The molecular formula is C18H27ClN2O. The number of likely N-dealkylation sites (tertiary alicyclic amines) is 1. The van der Waals surface area contributed by atoms with Crippen molar-refractivity contribution in [1.82, 2.24) is 10.2 Å². The molecule has 1 fully saturated rings. The molecule has 122 valence electrons. The van der Waals surface area contributed by atoms with E-state index in [1.807, 2.05) is 7.05 Å². The van der Waals surface area contributed by atoms with Gasteiger partial charge in [-0.15, -0.1) is 12.4 Å². The number of benzene rings is 1. The van der Waals surface area contributed by atoms with Crippen molar-refractivity contribution in [1.29, 1.82) is 0 Å². The zero-order valence-electron chi connectivity index (χ0n) is 13.4. The third kappa shape index (κ3) is 3.64. The SMILES string of the molecule is CNCC1CCCN1C(=O)CC1CCCc2ccccc21.Cl. The number of likely N-dealkylation sites (N-methyl/N-ethyl adjacent to an activating group) is 1. The van der Waals surface area contributed by atoms with Crippen molar-refractivity contribution < 1.29 is 4.79 Å². The van der Waals surface area contributed by atoms with Gasteiger partial charge in [0.1, 0.15) is 0 Å². The fourth-order valence-corrected chi connectivity index (χ4v) is 4.01. The molecule has 22 heavy (non-hydrogen) atoms. The van der Waals surface area contributed by atoms with E-state index in [-0.39, 0.29) is 12.4 Å². The van der Waals surface area contributed by atoms with Crippen LogP contribution in [-0.2, 0) is 11.2 Å². The van der Waals surface area contributed by atoms with E-state index in [9.17, 15) is 4.79 Å². The largest absolute Gasteiger partial charge is 0.338 e. The Labute approximate surface area is 139 Å². The van der Waals surface area contributed by atoms with Crippen LogP contribution >= 0.6 is 12.4 Å². The topological polar surface area (TPSA) is 32.3 Å². The Kier molecular flexibility index (Phi) is 6.27. The van der Waals surface area contributed by atoms with Crippen LogP contribution in [0.3, 0.4) is 0 Å². The summed E-state index contributed by atoms with van der Waals surface area (Å²) in [6, 6.07) is 9.09. The first-order valence-corrected chi connectivity index (χ1v) is 8.31. The first kappa shape index (κ1) is 17.3. The Balaban J connectivity index is 0.00000176. The number of fused-ring (bicyclic) bond motifs is 1. The van der Waals surface area contributed by atoms with Gasteiger partial charge in [0.05, 0.1) is 0 Å². The maximum atomic E-state index is 12.7. The molecule has 1 saturated heterocycles. The second-order valence-corrected chi connectivity index (χ2v) is 6.43. The normalized spacial score (nSPS) is 23.8. The van der Waals surface area contributed by atoms with Gasteiger partial charge in [-0.2, -0.15) is 0 Å². The molecular weight excluding hydrogens is 296 g/mol. The summed E-state index contributed by atoms with van der Waals surface area (Å²) < 4.78 is 0. The van der Waals surface area contributed by atoms with Gasteiger partial charge in [-0.05, 0) is 56.2 Å². The molecule has 1 N–H and O–H groups in total. The van der Waals surface area contributed by atoms with Crippen molar-refractivity contribution in [2.45, 2.75) is 50.5 Å². The molecule has 0 aromatic heterocycles. The predicted octanol–water partition coefficient (Wildman–Crippen LogP) is 3.13. The third-order valence-electron chi connectivity index (χ3n) is 5.05. The summed E-state index contributed by atoms with van der Waals surface area (Å²) in [5.41, 5.74) is 2.87. The highest BCUT2D eigenvalue weighted by Crippen LogP contribution is 2.34. The lowest BCUT2D eigenvalue weighted by atomic mass is 9.81. The van der Waals surface area contributed by atoms with E-state index in [1.54, 1.807) is 0 Å². The number of amides is 1. The minimum absolute atomic E-state index is 0. The van der Waals surface area contributed by atoms with Gasteiger partial charge >= 0.3 is 0 Å². The summed E-state index contributed by atoms with van der Waals surface area (Å²) in [6.07, 6.45) is 6.54. The van der Waals surface area contributed by atoms with Crippen molar-refractivity contribution in [3.63, 3.8) is 0 Å². The summed E-state index contributed by atoms with van der Waals surface area (Å²) in [5.74, 6) is 0.785. The smallest absolute Gasteiger partial charge is 0.223 e. The Morgan fingerprint density at radius 1 is 1.27 bits per heavy atom. The molecule has 0 saturated carbocycles. The summed E-state index contributed by atoms with van der Waals surface area (Å²) >= 11 is 0. The van der Waals surface area contributed by atoms with Crippen LogP contribution in [0.25, 0.3) is 0 Å². The average molecular weight is 323 g/mol. The van der Waals surface area contributed by atoms with Gasteiger partial charge in [-0.25, -0.2) is 0 Å². The lowest BCUT2D eigenvalue weighted by Gasteiger charge is -2.29. The minimum atomic E-state index is 0. The maximum Gasteiger partial charge on any atom is 0.223 e. The first-order valence-electron chi connectivity index (χ1n) is 8.31. The lowest BCUT2D eigenvalue weighted by molar-refractivity contribution is -0.132. The van der Waals surface area contributed by atoms with Crippen molar-refractivity contribution in [2.75, 3.05) is 20.1 Å². The monoisotopic (exact) mass is 322 g/mol. The van der Waals surface area contributed by atoms with E-state index in [1.165, 1.54) is 24.0 Å². The second kappa shape index (κ2) is 7.98. The third-order valence-corrected chi connectivity index (χ3v) is 5.05. The summed E-state index contributed by atoms with van der Waals surface area (Å²) in [4.78, 5) is 14.8. The van der Waals surface area contributed by atoms with Gasteiger partial charge in [0.25, 0.3) is 0 Å². The first-order chi connectivity index (χ1) is 10.3. The Morgan fingerprint density at radius 2 is 2.09 bits per heavy atom. The Morgan fingerprint density at radius 3 is 2.91 bits per heavy atom. The molecule has 1 aliphatic heterocycles. The number of aryl methyl sites for hydroxylation is 1. The summed E-state index contributed by atoms with van der Waals surface area (Å²) in [6.45, 7) is 1.87. The standard InChI is InChI=1S/C18H26N2O.ClH/c1-19-13-16-9-5-11-20(16)18(21)12-15-8-4-7-14-6-2-3-10-17(14)15;/h2-3,6,10,15-16,19H,4-5,7-9,11-13H2,1H3;1H. The van der Waals surface area contributed by atoms with Gasteiger partial charge in [0.15, 0.2) is 0 Å². The minimum Gasteiger partial charge on any atom is -0.338 e. The summed E-state index contributed by atoms with van der Waals surface area (Å²) in [7, 11) is 1.97. The van der Waals surface area contributed by atoms with E-state index in [2.05, 4.69) is 34.5 Å². The molecule has 3 nitrogen and oxygen atoms in total. The van der Waals surface area contributed by atoms with Crippen molar-refractivity contribution in [3.05, 3.63) is 35.4 Å². The molecule has 2 unspecified atom stereocenters. The van der Waals surface area contributed by atoms with Crippen LogP contribution in [0.5, 0.6) is 0 Å². The van der Waals surface area contributed by atoms with Crippen molar-refractivity contribution >= 4 is 18.3 Å². The fraction of sp³-hybridized carbons (Fsp3) is 0.611. The average Bonchev–Trinajstić information content (AvgIpc) is 2.96. The van der Waals surface area contributed by atoms with Crippen LogP contribution in [0.2, 0.25) is 0 Å². The molecule has 2 aliphatic rings. The molecule has 0 spiro atoms. The van der Waals surface area contributed by atoms with Crippen LogP contribution in [0.15, 0.2) is 24.3 Å². The Bertz CT molecular complexity index is 506. The highest BCUT2D eigenvalue weighted by atomic mass is 35.5. The number of carbonyl (C=O) groups is 1. The van der Waals surface area contributed by atoms with Crippen LogP contribution in [0.1, 0.15) is 49.1 Å². The molecule has 1 heterocycles. The summed E-state index contributed by atoms with van der Waals surface area (Å²) in [5, 5.41) is 3.22. The van der Waals surface area contributed by atoms with E-state index in [4.69, 9.17) is 0 Å². The van der Waals surface area contributed by atoms with E-state index < -0.39 is 0 Å². The highest BCUT2D eigenvalue weighted by molar-refractivity contribution is 5.85. The number of hydrogen-bond donors (Lipinski definition) is 1. The lowest BCUT2D eigenvalue weighted by Crippen LogP contribution is -2.41. The Hall–Kier alpha value is -1.06. The quantitative estimate of drug-likeness (QED) is 0.923. The van der Waals surface area contributed by atoms with E-state index in [0.717, 1.165) is 32.4 Å². The molecule has 1 aromatic rings. The van der Waals surface area contributed by atoms with Crippen molar-refractivity contribution in [3.8, 4) is 0 Å². The van der Waals surface area contributed by atoms with Crippen LogP contribution in [-0.4, -0.2) is 37.0 Å². The van der Waals surface area contributed by atoms with Crippen LogP contribution in [0.4, 0.5) is 0 Å². The van der Waals surface area contributed by atoms with Crippen molar-refractivity contribution in [2.24, 2.45) is 0 Å². The second-order valence-electron chi connectivity index (χ2n) is 6.43. The molecule has 0 bridgehead atoms. The number of hydrogen-bond acceptors (Lipinski definition) is 2. The molecule has 0 radical (unpaired) electrons. The number of nitrogens with zero attached hydrogens (tertiary/aromatic N) is 1. The van der Waals surface area contributed by atoms with Gasteiger partial charge in [0, 0.05) is 25.6 Å².